The molecular formula is C65H125N2O6P. The van der Waals surface area contributed by atoms with E-state index < -0.39 is 20.0 Å². The number of hydrogen-bond donors (Lipinski definition) is 2. The van der Waals surface area contributed by atoms with E-state index >= 15 is 0 Å². The maximum Gasteiger partial charge on any atom is 0.268 e. The molecule has 0 aliphatic carbocycles. The van der Waals surface area contributed by atoms with Gasteiger partial charge in [0.05, 0.1) is 39.9 Å². The van der Waals surface area contributed by atoms with Crippen molar-refractivity contribution in [2.45, 2.75) is 321 Å². The molecule has 0 aromatic heterocycles. The molecule has 0 aromatic carbocycles. The fourth-order valence-electron chi connectivity index (χ4n) is 9.50. The van der Waals surface area contributed by atoms with Crippen LogP contribution in [0.5, 0.6) is 0 Å². The second-order valence-corrected chi connectivity index (χ2v) is 24.5. The number of allylic oxidation sites excluding steroid dienone is 7. The minimum atomic E-state index is -4.60. The number of likely N-dealkylation sites (N-methyl/N-ethyl adjacent to an activating group) is 1. The standard InChI is InChI=1S/C65H125N2O6P/c1-6-8-10-12-14-16-18-20-22-23-24-25-26-27-28-29-30-31-32-33-34-35-36-37-38-39-40-41-42-43-45-47-49-51-53-55-57-59-65(69)66-63(62-73-74(70,71)72-61-60-67(3,4)5)64(68)58-56-54-52-50-48-46-44-21-19-17-15-13-11-9-7-2/h18,20,23-24,48,50,56,58,63-64,68H,6-17,19,21-22,25-47,49,51-55,57,59-62H2,1-5H3,(H-,66,69,70,71)/b20-18-,24-23-,50-48+,58-56+. The van der Waals surface area contributed by atoms with E-state index in [9.17, 15) is 19.4 Å². The summed E-state index contributed by atoms with van der Waals surface area (Å²) in [5, 5.41) is 13.9. The molecule has 0 bridgehead atoms. The van der Waals surface area contributed by atoms with Crippen LogP contribution < -0.4 is 10.2 Å². The van der Waals surface area contributed by atoms with Crippen molar-refractivity contribution in [2.24, 2.45) is 0 Å². The maximum absolute atomic E-state index is 13.0. The number of quaternary nitrogens is 1. The first-order chi connectivity index (χ1) is 36.0. The van der Waals surface area contributed by atoms with Crippen molar-refractivity contribution in [3.63, 3.8) is 0 Å². The van der Waals surface area contributed by atoms with E-state index in [4.69, 9.17) is 9.05 Å². The van der Waals surface area contributed by atoms with Gasteiger partial charge < -0.3 is 28.8 Å². The molecule has 8 nitrogen and oxygen atoms in total. The van der Waals surface area contributed by atoms with Gasteiger partial charge in [0.2, 0.25) is 5.91 Å². The molecule has 436 valence electrons. The van der Waals surface area contributed by atoms with E-state index in [1.165, 1.54) is 244 Å². The molecule has 0 radical (unpaired) electrons. The highest BCUT2D eigenvalue weighted by atomic mass is 31.2. The lowest BCUT2D eigenvalue weighted by Gasteiger charge is -2.29. The third-order valence-corrected chi connectivity index (χ3v) is 15.5. The lowest BCUT2D eigenvalue weighted by molar-refractivity contribution is -0.870. The molecule has 74 heavy (non-hydrogen) atoms. The van der Waals surface area contributed by atoms with E-state index in [0.29, 0.717) is 17.4 Å². The van der Waals surface area contributed by atoms with Crippen molar-refractivity contribution in [2.75, 3.05) is 40.9 Å². The first-order valence-corrected chi connectivity index (χ1v) is 33.5. The molecule has 0 aliphatic heterocycles. The van der Waals surface area contributed by atoms with Crippen LogP contribution in [0, 0.1) is 0 Å². The zero-order valence-corrected chi connectivity index (χ0v) is 50.7. The van der Waals surface area contributed by atoms with E-state index in [1.807, 2.05) is 27.2 Å². The van der Waals surface area contributed by atoms with E-state index in [2.05, 4.69) is 55.6 Å². The number of aliphatic hydroxyl groups excluding tert-OH is 1. The van der Waals surface area contributed by atoms with Crippen molar-refractivity contribution in [1.82, 2.24) is 5.32 Å². The number of nitrogens with zero attached hydrogens (tertiary/aromatic N) is 1. The van der Waals surface area contributed by atoms with Gasteiger partial charge in [-0.05, 0) is 64.2 Å². The van der Waals surface area contributed by atoms with Crippen molar-refractivity contribution in [3.05, 3.63) is 48.6 Å². The van der Waals surface area contributed by atoms with Crippen molar-refractivity contribution in [1.29, 1.82) is 0 Å². The second kappa shape index (κ2) is 56.2. The van der Waals surface area contributed by atoms with Gasteiger partial charge in [-0.25, -0.2) is 0 Å². The summed E-state index contributed by atoms with van der Waals surface area (Å²) in [4.78, 5) is 25.5. The summed E-state index contributed by atoms with van der Waals surface area (Å²) in [7, 11) is 1.25. The van der Waals surface area contributed by atoms with Gasteiger partial charge in [0.25, 0.3) is 7.82 Å². The Bertz CT molecular complexity index is 1340. The summed E-state index contributed by atoms with van der Waals surface area (Å²) >= 11 is 0. The Morgan fingerprint density at radius 2 is 0.797 bits per heavy atom. The van der Waals surface area contributed by atoms with Crippen LogP contribution >= 0.6 is 7.82 Å². The quantitative estimate of drug-likeness (QED) is 0.0272. The second-order valence-electron chi connectivity index (χ2n) is 23.1. The van der Waals surface area contributed by atoms with Crippen molar-refractivity contribution >= 4 is 13.7 Å². The van der Waals surface area contributed by atoms with Crippen molar-refractivity contribution < 1.29 is 32.9 Å². The number of amides is 1. The molecule has 0 aromatic rings. The van der Waals surface area contributed by atoms with Gasteiger partial charge in [0.15, 0.2) is 0 Å². The van der Waals surface area contributed by atoms with Crippen LogP contribution in [0.4, 0.5) is 0 Å². The normalized spacial score (nSPS) is 14.1. The highest BCUT2D eigenvalue weighted by Crippen LogP contribution is 2.38. The first-order valence-electron chi connectivity index (χ1n) is 32.0. The number of phosphoric ester groups is 1. The molecule has 0 saturated heterocycles. The number of hydrogen-bond acceptors (Lipinski definition) is 6. The SMILES string of the molecule is CCCCCCC/C=C\C/C=C\CCCCCCCCCCCCCCCCCCCCCCCCCCCC(=O)NC(COP(=O)([O-])OCC[N+](C)(C)C)C(O)/C=C/CC/C=C/CCCCCCCCCCC. The molecule has 0 aliphatic rings. The van der Waals surface area contributed by atoms with E-state index in [0.717, 1.165) is 44.9 Å². The lowest BCUT2D eigenvalue weighted by atomic mass is 10.0. The summed E-state index contributed by atoms with van der Waals surface area (Å²) in [6, 6.07) is -0.902. The smallest absolute Gasteiger partial charge is 0.268 e. The Kier molecular flexibility index (Phi) is 55.0. The predicted octanol–water partition coefficient (Wildman–Crippen LogP) is 19.2. The van der Waals surface area contributed by atoms with Crippen molar-refractivity contribution in [3.8, 4) is 0 Å². The highest BCUT2D eigenvalue weighted by Gasteiger charge is 2.23. The van der Waals surface area contributed by atoms with Gasteiger partial charge in [-0.3, -0.25) is 9.36 Å². The largest absolute Gasteiger partial charge is 0.756 e. The summed E-state index contributed by atoms with van der Waals surface area (Å²) < 4.78 is 23.3. The minimum Gasteiger partial charge on any atom is -0.756 e. The first kappa shape index (κ1) is 72.5. The molecular weight excluding hydrogens is 936 g/mol. The molecule has 1 amide bonds. The van der Waals surface area contributed by atoms with Crippen LogP contribution in [0.15, 0.2) is 48.6 Å². The third kappa shape index (κ3) is 58.1. The van der Waals surface area contributed by atoms with Crippen LogP contribution in [-0.4, -0.2) is 68.5 Å². The third-order valence-electron chi connectivity index (χ3n) is 14.5. The number of nitrogens with one attached hydrogen (secondary N) is 1. The maximum atomic E-state index is 13.0. The topological polar surface area (TPSA) is 108 Å². The van der Waals surface area contributed by atoms with Gasteiger partial charge >= 0.3 is 0 Å². The minimum absolute atomic E-state index is 0.00519. The number of carbonyl (C=O) groups is 1. The number of rotatable bonds is 59. The summed E-state index contributed by atoms with van der Waals surface area (Å²) in [6.07, 6.45) is 75.2. The highest BCUT2D eigenvalue weighted by molar-refractivity contribution is 7.45. The van der Waals surface area contributed by atoms with E-state index in [1.54, 1.807) is 6.08 Å². The molecule has 0 fully saturated rings. The number of unbranched alkanes of at least 4 members (excludes halogenated alkanes) is 40. The molecule has 0 heterocycles. The Morgan fingerprint density at radius 3 is 1.18 bits per heavy atom. The summed E-state index contributed by atoms with van der Waals surface area (Å²) in [6.45, 7) is 4.64. The number of carbonyl (C=O) groups excluding carboxylic acids is 1. The van der Waals surface area contributed by atoms with Crippen LogP contribution in [-0.2, 0) is 18.4 Å². The lowest BCUT2D eigenvalue weighted by Crippen LogP contribution is -2.45. The molecule has 0 spiro atoms. The molecule has 3 unspecified atom stereocenters. The van der Waals surface area contributed by atoms with Gasteiger partial charge in [-0.15, -0.1) is 0 Å². The Balaban J connectivity index is 3.95. The van der Waals surface area contributed by atoms with Gasteiger partial charge in [-0.1, -0.05) is 287 Å². The van der Waals surface area contributed by atoms with Crippen LogP contribution in [0.2, 0.25) is 0 Å². The molecule has 9 heteroatoms. The molecule has 3 atom stereocenters. The summed E-state index contributed by atoms with van der Waals surface area (Å²) in [5.41, 5.74) is 0. The monoisotopic (exact) mass is 1060 g/mol. The molecule has 0 rings (SSSR count). The van der Waals surface area contributed by atoms with Gasteiger partial charge in [0, 0.05) is 6.42 Å². The Hall–Kier alpha value is -1.54. The fourth-order valence-corrected chi connectivity index (χ4v) is 10.2. The average Bonchev–Trinajstić information content (AvgIpc) is 3.36. The predicted molar refractivity (Wildman–Crippen MR) is 321 cm³/mol. The van der Waals surface area contributed by atoms with Crippen LogP contribution in [0.3, 0.4) is 0 Å². The summed E-state index contributed by atoms with van der Waals surface area (Å²) in [5.74, 6) is -0.203. The van der Waals surface area contributed by atoms with Gasteiger partial charge in [0.1, 0.15) is 13.2 Å². The average molecular weight is 1060 g/mol. The molecule has 2 N–H and O–H groups in total. The Morgan fingerprint density at radius 1 is 0.473 bits per heavy atom. The Labute approximate surface area is 460 Å². The molecule has 0 saturated carbocycles. The fraction of sp³-hybridized carbons (Fsp3) is 0.862. The number of phosphoric acid groups is 1. The zero-order valence-electron chi connectivity index (χ0n) is 49.8. The zero-order chi connectivity index (χ0) is 54.2. The van der Waals surface area contributed by atoms with Crippen LogP contribution in [0.1, 0.15) is 309 Å². The van der Waals surface area contributed by atoms with Crippen LogP contribution in [0.25, 0.3) is 0 Å². The van der Waals surface area contributed by atoms with Gasteiger partial charge in [-0.2, -0.15) is 0 Å². The van der Waals surface area contributed by atoms with E-state index in [-0.39, 0.29) is 19.1 Å². The number of aliphatic hydroxyl groups is 1.